The van der Waals surface area contributed by atoms with Gasteiger partial charge in [0.05, 0.1) is 5.25 Å². The molecule has 0 radical (unpaired) electrons. The van der Waals surface area contributed by atoms with E-state index < -0.39 is 0 Å². The van der Waals surface area contributed by atoms with E-state index >= 15 is 0 Å². The maximum atomic E-state index is 11.5. The van der Waals surface area contributed by atoms with Gasteiger partial charge >= 0.3 is 0 Å². The highest BCUT2D eigenvalue weighted by Crippen LogP contribution is 2.22. The molecule has 1 saturated carbocycles. The summed E-state index contributed by atoms with van der Waals surface area (Å²) in [5.41, 5.74) is 0. The normalized spacial score (nSPS) is 20.4. The minimum absolute atomic E-state index is 0.0959. The molecular weight excluding hydrogens is 194 g/mol. The van der Waals surface area contributed by atoms with Crippen LogP contribution in [0.3, 0.4) is 0 Å². The smallest absolute Gasteiger partial charge is 0.232 e. The molecule has 1 fully saturated rings. The first-order valence-corrected chi connectivity index (χ1v) is 6.83. The molecule has 82 valence electrons. The van der Waals surface area contributed by atoms with E-state index in [1.54, 1.807) is 11.8 Å². The molecule has 0 aromatic carbocycles. The van der Waals surface area contributed by atoms with Crippen molar-refractivity contribution in [1.29, 1.82) is 0 Å². The minimum Gasteiger partial charge on any atom is -0.355 e. The van der Waals surface area contributed by atoms with E-state index in [0.29, 0.717) is 0 Å². The summed E-state index contributed by atoms with van der Waals surface area (Å²) in [6.45, 7) is 2.85. The summed E-state index contributed by atoms with van der Waals surface area (Å²) >= 11 is 1.61. The van der Waals surface area contributed by atoms with E-state index in [0.717, 1.165) is 12.5 Å². The van der Waals surface area contributed by atoms with Crippen LogP contribution in [0.25, 0.3) is 0 Å². The second-order valence-electron chi connectivity index (χ2n) is 4.13. The molecule has 0 aliphatic heterocycles. The molecule has 0 bridgehead atoms. The van der Waals surface area contributed by atoms with Gasteiger partial charge in [0.1, 0.15) is 0 Å². The fraction of sp³-hybridized carbons (Fsp3) is 0.909. The number of rotatable bonds is 4. The van der Waals surface area contributed by atoms with Gasteiger partial charge in [-0.25, -0.2) is 0 Å². The molecule has 1 rings (SSSR count). The van der Waals surface area contributed by atoms with Gasteiger partial charge in [0, 0.05) is 6.54 Å². The Morgan fingerprint density at radius 1 is 1.43 bits per heavy atom. The molecule has 1 aliphatic rings. The third-order valence-electron chi connectivity index (χ3n) is 3.01. The minimum atomic E-state index is 0.0959. The second kappa shape index (κ2) is 6.33. The van der Waals surface area contributed by atoms with E-state index in [1.165, 1.54) is 32.1 Å². The molecule has 0 heterocycles. The van der Waals surface area contributed by atoms with Gasteiger partial charge in [-0.3, -0.25) is 4.79 Å². The van der Waals surface area contributed by atoms with Gasteiger partial charge in [-0.1, -0.05) is 19.3 Å². The zero-order valence-electron chi connectivity index (χ0n) is 9.21. The number of carbonyl (C=O) groups is 1. The van der Waals surface area contributed by atoms with Crippen LogP contribution >= 0.6 is 11.8 Å². The van der Waals surface area contributed by atoms with E-state index in [9.17, 15) is 4.79 Å². The Morgan fingerprint density at radius 2 is 2.07 bits per heavy atom. The molecule has 3 heteroatoms. The summed E-state index contributed by atoms with van der Waals surface area (Å²) in [5.74, 6) is 0.935. The highest BCUT2D eigenvalue weighted by atomic mass is 32.2. The summed E-state index contributed by atoms with van der Waals surface area (Å²) in [6.07, 6.45) is 8.65. The van der Waals surface area contributed by atoms with Crippen LogP contribution in [0.2, 0.25) is 0 Å². The first kappa shape index (κ1) is 11.9. The quantitative estimate of drug-likeness (QED) is 0.780. The lowest BCUT2D eigenvalue weighted by Gasteiger charge is -2.22. The third-order valence-corrected chi connectivity index (χ3v) is 3.93. The molecule has 0 saturated heterocycles. The molecule has 1 unspecified atom stereocenters. The van der Waals surface area contributed by atoms with Crippen molar-refractivity contribution in [2.45, 2.75) is 44.3 Å². The van der Waals surface area contributed by atoms with Gasteiger partial charge in [0.15, 0.2) is 0 Å². The van der Waals surface area contributed by atoms with E-state index in [1.807, 2.05) is 13.2 Å². The van der Waals surface area contributed by atoms with Gasteiger partial charge in [0.25, 0.3) is 0 Å². The predicted molar refractivity (Wildman–Crippen MR) is 62.6 cm³/mol. The van der Waals surface area contributed by atoms with Crippen molar-refractivity contribution in [3.63, 3.8) is 0 Å². The van der Waals surface area contributed by atoms with E-state index in [2.05, 4.69) is 5.32 Å². The number of hydrogen-bond acceptors (Lipinski definition) is 2. The Morgan fingerprint density at radius 3 is 2.64 bits per heavy atom. The Labute approximate surface area is 91.2 Å². The Kier molecular flexibility index (Phi) is 5.38. The van der Waals surface area contributed by atoms with Crippen LogP contribution < -0.4 is 5.32 Å². The zero-order chi connectivity index (χ0) is 10.4. The zero-order valence-corrected chi connectivity index (χ0v) is 10.0. The number of nitrogens with one attached hydrogen (secondary N) is 1. The van der Waals surface area contributed by atoms with Crippen molar-refractivity contribution in [1.82, 2.24) is 5.32 Å². The standard InChI is InChI=1S/C11H21NOS/c1-9(14-2)11(13)12-8-10-6-4-3-5-7-10/h9-10H,3-8H2,1-2H3,(H,12,13). The van der Waals surface area contributed by atoms with Crippen LogP contribution in [0.5, 0.6) is 0 Å². The van der Waals surface area contributed by atoms with Crippen molar-refractivity contribution < 1.29 is 4.79 Å². The Balaban J connectivity index is 2.15. The van der Waals surface area contributed by atoms with Crippen molar-refractivity contribution in [2.75, 3.05) is 12.8 Å². The van der Waals surface area contributed by atoms with Gasteiger partial charge < -0.3 is 5.32 Å². The van der Waals surface area contributed by atoms with Gasteiger partial charge in [0.2, 0.25) is 5.91 Å². The molecular formula is C11H21NOS. The molecule has 1 atom stereocenters. The van der Waals surface area contributed by atoms with Crippen molar-refractivity contribution in [3.05, 3.63) is 0 Å². The number of thioether (sulfide) groups is 1. The Bertz CT molecular complexity index is 178. The third kappa shape index (κ3) is 3.91. The van der Waals surface area contributed by atoms with Crippen LogP contribution in [0.15, 0.2) is 0 Å². The van der Waals surface area contributed by atoms with Crippen LogP contribution in [0.4, 0.5) is 0 Å². The van der Waals surface area contributed by atoms with Crippen LogP contribution in [0, 0.1) is 5.92 Å². The molecule has 2 nitrogen and oxygen atoms in total. The summed E-state index contributed by atoms with van der Waals surface area (Å²) in [4.78, 5) is 11.5. The average Bonchev–Trinajstić information content (AvgIpc) is 2.26. The SMILES string of the molecule is CSC(C)C(=O)NCC1CCCCC1. The van der Waals surface area contributed by atoms with Crippen LogP contribution in [0.1, 0.15) is 39.0 Å². The topological polar surface area (TPSA) is 29.1 Å². The molecule has 0 aromatic rings. The molecule has 0 spiro atoms. The van der Waals surface area contributed by atoms with E-state index in [-0.39, 0.29) is 11.2 Å². The highest BCUT2D eigenvalue weighted by molar-refractivity contribution is 7.99. The van der Waals surface area contributed by atoms with E-state index in [4.69, 9.17) is 0 Å². The lowest BCUT2D eigenvalue weighted by molar-refractivity contribution is -0.120. The molecule has 0 aromatic heterocycles. The van der Waals surface area contributed by atoms with Gasteiger partial charge in [-0.15, -0.1) is 0 Å². The van der Waals surface area contributed by atoms with Crippen molar-refractivity contribution in [2.24, 2.45) is 5.92 Å². The largest absolute Gasteiger partial charge is 0.355 e. The van der Waals surface area contributed by atoms with Gasteiger partial charge in [-0.2, -0.15) is 11.8 Å². The lowest BCUT2D eigenvalue weighted by atomic mass is 9.89. The van der Waals surface area contributed by atoms with Crippen LogP contribution in [-0.2, 0) is 4.79 Å². The fourth-order valence-electron chi connectivity index (χ4n) is 1.89. The first-order chi connectivity index (χ1) is 6.74. The number of amides is 1. The van der Waals surface area contributed by atoms with Gasteiger partial charge in [-0.05, 0) is 31.9 Å². The molecule has 1 aliphatic carbocycles. The lowest BCUT2D eigenvalue weighted by Crippen LogP contribution is -2.35. The average molecular weight is 215 g/mol. The molecule has 1 amide bonds. The summed E-state index contributed by atoms with van der Waals surface area (Å²) < 4.78 is 0. The first-order valence-electron chi connectivity index (χ1n) is 5.54. The number of hydrogen-bond donors (Lipinski definition) is 1. The molecule has 1 N–H and O–H groups in total. The monoisotopic (exact) mass is 215 g/mol. The predicted octanol–water partition coefficient (Wildman–Crippen LogP) is 2.43. The van der Waals surface area contributed by atoms with Crippen molar-refractivity contribution >= 4 is 17.7 Å². The highest BCUT2D eigenvalue weighted by Gasteiger charge is 2.16. The van der Waals surface area contributed by atoms with Crippen LogP contribution in [-0.4, -0.2) is 24.0 Å². The fourth-order valence-corrected chi connectivity index (χ4v) is 2.18. The Hall–Kier alpha value is -0.180. The second-order valence-corrected chi connectivity index (χ2v) is 5.31. The summed E-state index contributed by atoms with van der Waals surface area (Å²) in [6, 6.07) is 0. The summed E-state index contributed by atoms with van der Waals surface area (Å²) in [7, 11) is 0. The van der Waals surface area contributed by atoms with Crippen molar-refractivity contribution in [3.8, 4) is 0 Å². The maximum Gasteiger partial charge on any atom is 0.232 e. The number of carbonyl (C=O) groups excluding carboxylic acids is 1. The molecule has 14 heavy (non-hydrogen) atoms. The summed E-state index contributed by atoms with van der Waals surface area (Å²) in [5, 5.41) is 3.14. The maximum absolute atomic E-state index is 11.5.